The summed E-state index contributed by atoms with van der Waals surface area (Å²) in [5.41, 5.74) is 0.714. The smallest absolute Gasteiger partial charge is 0.255 e. The van der Waals surface area contributed by atoms with Crippen molar-refractivity contribution < 1.29 is 4.79 Å². The van der Waals surface area contributed by atoms with E-state index in [9.17, 15) is 4.79 Å². The van der Waals surface area contributed by atoms with Gasteiger partial charge in [0.1, 0.15) is 5.82 Å². The minimum atomic E-state index is 0.130. The molecule has 0 unspecified atom stereocenters. The van der Waals surface area contributed by atoms with Crippen LogP contribution in [-0.4, -0.2) is 59.5 Å². The number of pyridine rings is 1. The molecular formula is C23H36N4O. The number of hydrogen-bond acceptors (Lipinski definition) is 4. The number of anilines is 1. The Balaban J connectivity index is 1.24. The van der Waals surface area contributed by atoms with Crippen molar-refractivity contribution in [3.8, 4) is 0 Å². The summed E-state index contributed by atoms with van der Waals surface area (Å²) in [6, 6.07) is 4.41. The number of amides is 1. The van der Waals surface area contributed by atoms with Crippen LogP contribution in [0.15, 0.2) is 18.3 Å². The molecule has 154 valence electrons. The lowest BCUT2D eigenvalue weighted by Crippen LogP contribution is -2.41. The molecule has 0 bridgehead atoms. The number of piperidine rings is 2. The zero-order chi connectivity index (χ0) is 19.3. The largest absolute Gasteiger partial charge is 0.367 e. The van der Waals surface area contributed by atoms with Crippen molar-refractivity contribution in [2.24, 2.45) is 11.8 Å². The summed E-state index contributed by atoms with van der Waals surface area (Å²) in [5.74, 6) is 2.58. The lowest BCUT2D eigenvalue weighted by molar-refractivity contribution is 0.0682. The summed E-state index contributed by atoms with van der Waals surface area (Å²) in [6.07, 6.45) is 12.2. The summed E-state index contributed by atoms with van der Waals surface area (Å²) in [6.45, 7) is 7.66. The van der Waals surface area contributed by atoms with Crippen molar-refractivity contribution >= 4 is 11.7 Å². The van der Waals surface area contributed by atoms with E-state index in [4.69, 9.17) is 0 Å². The van der Waals surface area contributed by atoms with Crippen LogP contribution in [0.4, 0.5) is 5.82 Å². The molecule has 5 nitrogen and oxygen atoms in total. The highest BCUT2D eigenvalue weighted by Crippen LogP contribution is 2.27. The highest BCUT2D eigenvalue weighted by Gasteiger charge is 2.24. The van der Waals surface area contributed by atoms with Gasteiger partial charge in [0, 0.05) is 45.0 Å². The van der Waals surface area contributed by atoms with E-state index in [0.29, 0.717) is 17.5 Å². The van der Waals surface area contributed by atoms with E-state index in [-0.39, 0.29) is 5.91 Å². The molecular weight excluding hydrogens is 348 g/mol. The van der Waals surface area contributed by atoms with E-state index >= 15 is 0 Å². The Hall–Kier alpha value is -1.62. The van der Waals surface area contributed by atoms with Gasteiger partial charge in [-0.3, -0.25) is 4.79 Å². The van der Waals surface area contributed by atoms with Crippen molar-refractivity contribution in [3.05, 3.63) is 23.9 Å². The topological polar surface area (TPSA) is 48.5 Å². The number of carbonyl (C=O) groups is 1. The molecule has 1 saturated carbocycles. The number of aromatic nitrogens is 1. The SMILES string of the molecule is C[C@H]1CCCN(C(=O)c2ccc(NC3CCN(CC4CCCC4)CC3)nc2)C1. The molecule has 3 heterocycles. The maximum atomic E-state index is 12.7. The summed E-state index contributed by atoms with van der Waals surface area (Å²) in [7, 11) is 0. The van der Waals surface area contributed by atoms with E-state index in [2.05, 4.69) is 22.1 Å². The molecule has 1 aromatic heterocycles. The summed E-state index contributed by atoms with van der Waals surface area (Å²) >= 11 is 0. The third kappa shape index (κ3) is 5.05. The highest BCUT2D eigenvalue weighted by molar-refractivity contribution is 5.94. The normalized spacial score (nSPS) is 25.2. The second kappa shape index (κ2) is 9.25. The molecule has 1 aromatic rings. The molecule has 4 rings (SSSR count). The van der Waals surface area contributed by atoms with Gasteiger partial charge in [-0.2, -0.15) is 0 Å². The van der Waals surface area contributed by atoms with Gasteiger partial charge in [-0.15, -0.1) is 0 Å². The molecule has 3 fully saturated rings. The Morgan fingerprint density at radius 3 is 2.54 bits per heavy atom. The van der Waals surface area contributed by atoms with Crippen LogP contribution in [0.2, 0.25) is 0 Å². The predicted octanol–water partition coefficient (Wildman–Crippen LogP) is 4.02. The zero-order valence-corrected chi connectivity index (χ0v) is 17.4. The number of rotatable bonds is 5. The third-order valence-electron chi connectivity index (χ3n) is 6.89. The fraction of sp³-hybridized carbons (Fsp3) is 0.739. The van der Waals surface area contributed by atoms with Crippen molar-refractivity contribution in [2.75, 3.05) is 38.0 Å². The van der Waals surface area contributed by atoms with Gasteiger partial charge in [-0.1, -0.05) is 19.8 Å². The first-order valence-corrected chi connectivity index (χ1v) is 11.4. The molecule has 3 aliphatic rings. The van der Waals surface area contributed by atoms with Gasteiger partial charge in [0.2, 0.25) is 0 Å². The first-order valence-electron chi connectivity index (χ1n) is 11.4. The maximum Gasteiger partial charge on any atom is 0.255 e. The van der Waals surface area contributed by atoms with Crippen LogP contribution in [0.3, 0.4) is 0 Å². The first-order chi connectivity index (χ1) is 13.7. The van der Waals surface area contributed by atoms with Gasteiger partial charge in [0.15, 0.2) is 0 Å². The number of nitrogens with one attached hydrogen (secondary N) is 1. The lowest BCUT2D eigenvalue weighted by atomic mass is 10.00. The average molecular weight is 385 g/mol. The summed E-state index contributed by atoms with van der Waals surface area (Å²) in [4.78, 5) is 21.9. The van der Waals surface area contributed by atoms with E-state index in [1.807, 2.05) is 17.0 Å². The number of nitrogens with zero attached hydrogens (tertiary/aromatic N) is 3. The molecule has 0 aromatic carbocycles. The Morgan fingerprint density at radius 1 is 1.07 bits per heavy atom. The van der Waals surface area contributed by atoms with E-state index in [0.717, 1.165) is 31.2 Å². The van der Waals surface area contributed by atoms with Crippen LogP contribution in [0.25, 0.3) is 0 Å². The van der Waals surface area contributed by atoms with Crippen LogP contribution < -0.4 is 5.32 Å². The Morgan fingerprint density at radius 2 is 1.86 bits per heavy atom. The quantitative estimate of drug-likeness (QED) is 0.833. The van der Waals surface area contributed by atoms with Gasteiger partial charge in [-0.25, -0.2) is 4.98 Å². The average Bonchev–Trinajstić information content (AvgIpc) is 3.23. The predicted molar refractivity (Wildman–Crippen MR) is 114 cm³/mol. The fourth-order valence-electron chi connectivity index (χ4n) is 5.19. The van der Waals surface area contributed by atoms with Crippen LogP contribution >= 0.6 is 0 Å². The molecule has 0 radical (unpaired) electrons. The number of hydrogen-bond donors (Lipinski definition) is 1. The minimum absolute atomic E-state index is 0.130. The summed E-state index contributed by atoms with van der Waals surface area (Å²) < 4.78 is 0. The summed E-state index contributed by atoms with van der Waals surface area (Å²) in [5, 5.41) is 3.59. The van der Waals surface area contributed by atoms with Crippen LogP contribution in [-0.2, 0) is 0 Å². The second-order valence-corrected chi connectivity index (χ2v) is 9.30. The number of likely N-dealkylation sites (tertiary alicyclic amines) is 2. The lowest BCUT2D eigenvalue weighted by Gasteiger charge is -2.34. The van der Waals surface area contributed by atoms with Crippen LogP contribution in [0.1, 0.15) is 68.6 Å². The molecule has 1 atom stereocenters. The van der Waals surface area contributed by atoms with Gasteiger partial charge >= 0.3 is 0 Å². The van der Waals surface area contributed by atoms with Crippen LogP contribution in [0.5, 0.6) is 0 Å². The van der Waals surface area contributed by atoms with Gasteiger partial charge < -0.3 is 15.1 Å². The van der Waals surface area contributed by atoms with Crippen molar-refractivity contribution in [3.63, 3.8) is 0 Å². The van der Waals surface area contributed by atoms with E-state index in [1.165, 1.54) is 64.6 Å². The van der Waals surface area contributed by atoms with Gasteiger partial charge in [-0.05, 0) is 62.5 Å². The van der Waals surface area contributed by atoms with Gasteiger partial charge in [0.05, 0.1) is 5.56 Å². The highest BCUT2D eigenvalue weighted by atomic mass is 16.2. The molecule has 0 spiro atoms. The molecule has 28 heavy (non-hydrogen) atoms. The Labute approximate surface area is 169 Å². The Kier molecular flexibility index (Phi) is 6.50. The van der Waals surface area contributed by atoms with Crippen LogP contribution in [0, 0.1) is 11.8 Å². The maximum absolute atomic E-state index is 12.7. The first kappa shape index (κ1) is 19.7. The zero-order valence-electron chi connectivity index (χ0n) is 17.4. The Bertz CT molecular complexity index is 633. The van der Waals surface area contributed by atoms with Crippen molar-refractivity contribution in [1.82, 2.24) is 14.8 Å². The van der Waals surface area contributed by atoms with Crippen molar-refractivity contribution in [2.45, 2.75) is 64.3 Å². The monoisotopic (exact) mass is 384 g/mol. The van der Waals surface area contributed by atoms with E-state index in [1.54, 1.807) is 6.20 Å². The number of carbonyl (C=O) groups excluding carboxylic acids is 1. The van der Waals surface area contributed by atoms with Gasteiger partial charge in [0.25, 0.3) is 5.91 Å². The second-order valence-electron chi connectivity index (χ2n) is 9.30. The molecule has 5 heteroatoms. The van der Waals surface area contributed by atoms with Crippen molar-refractivity contribution in [1.29, 1.82) is 0 Å². The molecule has 1 aliphatic carbocycles. The molecule has 2 saturated heterocycles. The molecule has 1 N–H and O–H groups in total. The van der Waals surface area contributed by atoms with E-state index < -0.39 is 0 Å². The molecule has 2 aliphatic heterocycles. The molecule has 1 amide bonds. The standard InChI is InChI=1S/C23H36N4O/c1-18-5-4-12-27(16-18)23(28)20-8-9-22(24-15-20)25-21-10-13-26(14-11-21)17-19-6-2-3-7-19/h8-9,15,18-19,21H,2-7,10-14,16-17H2,1H3,(H,24,25)/t18-/m0/s1. The fourth-order valence-corrected chi connectivity index (χ4v) is 5.19. The minimum Gasteiger partial charge on any atom is -0.367 e. The third-order valence-corrected chi connectivity index (χ3v) is 6.89.